The molecule has 94 valence electrons. The lowest BCUT2D eigenvalue weighted by molar-refractivity contribution is -0.137. The van der Waals surface area contributed by atoms with Crippen molar-refractivity contribution in [2.75, 3.05) is 0 Å². The van der Waals surface area contributed by atoms with Gasteiger partial charge in [0, 0.05) is 0 Å². The quantitative estimate of drug-likeness (QED) is 0.669. The standard InChI is InChI=1S/C15H13F3/c1-10-7-8-13(14(9-10)15(16,17)18)12-6-4-3-5-11(12)2/h3-9H,1-2H3. The monoisotopic (exact) mass is 250 g/mol. The van der Waals surface area contributed by atoms with E-state index in [1.165, 1.54) is 6.07 Å². The summed E-state index contributed by atoms with van der Waals surface area (Å²) in [6.45, 7) is 3.48. The third-order valence-corrected chi connectivity index (χ3v) is 2.92. The average Bonchev–Trinajstić information content (AvgIpc) is 2.29. The molecule has 18 heavy (non-hydrogen) atoms. The number of hydrogen-bond donors (Lipinski definition) is 0. The molecule has 2 aromatic rings. The van der Waals surface area contributed by atoms with Gasteiger partial charge in [0.25, 0.3) is 0 Å². The normalized spacial score (nSPS) is 11.6. The number of rotatable bonds is 1. The van der Waals surface area contributed by atoms with E-state index in [1.807, 2.05) is 19.1 Å². The molecule has 0 fully saturated rings. The van der Waals surface area contributed by atoms with Gasteiger partial charge in [0.2, 0.25) is 0 Å². The van der Waals surface area contributed by atoms with E-state index in [2.05, 4.69) is 0 Å². The number of alkyl halides is 3. The molecule has 2 rings (SSSR count). The number of hydrogen-bond acceptors (Lipinski definition) is 0. The van der Waals surface area contributed by atoms with Gasteiger partial charge in [-0.05, 0) is 36.6 Å². The van der Waals surface area contributed by atoms with Crippen molar-refractivity contribution >= 4 is 0 Å². The maximum atomic E-state index is 13.0. The minimum atomic E-state index is -4.33. The molecule has 0 unspecified atom stereocenters. The summed E-state index contributed by atoms with van der Waals surface area (Å²) >= 11 is 0. The Kier molecular flexibility index (Phi) is 3.16. The summed E-state index contributed by atoms with van der Waals surface area (Å²) in [5.74, 6) is 0. The highest BCUT2D eigenvalue weighted by Crippen LogP contribution is 2.38. The van der Waals surface area contributed by atoms with Gasteiger partial charge >= 0.3 is 6.18 Å². The Morgan fingerprint density at radius 3 is 2.11 bits per heavy atom. The molecule has 3 heteroatoms. The predicted octanol–water partition coefficient (Wildman–Crippen LogP) is 4.99. The van der Waals surface area contributed by atoms with Gasteiger partial charge in [-0.15, -0.1) is 0 Å². The largest absolute Gasteiger partial charge is 0.417 e. The predicted molar refractivity (Wildman–Crippen MR) is 66.4 cm³/mol. The van der Waals surface area contributed by atoms with Crippen molar-refractivity contribution in [3.63, 3.8) is 0 Å². The zero-order valence-corrected chi connectivity index (χ0v) is 10.2. The van der Waals surface area contributed by atoms with Crippen LogP contribution in [0.4, 0.5) is 13.2 Å². The molecule has 0 aromatic heterocycles. The zero-order chi connectivity index (χ0) is 13.3. The van der Waals surface area contributed by atoms with Gasteiger partial charge in [0.15, 0.2) is 0 Å². The second kappa shape index (κ2) is 4.48. The van der Waals surface area contributed by atoms with Crippen LogP contribution in [0.1, 0.15) is 16.7 Å². The lowest BCUT2D eigenvalue weighted by Crippen LogP contribution is -2.08. The molecule has 0 spiro atoms. The van der Waals surface area contributed by atoms with E-state index in [9.17, 15) is 13.2 Å². The summed E-state index contributed by atoms with van der Waals surface area (Å²) in [4.78, 5) is 0. The number of aryl methyl sites for hydroxylation is 2. The first-order chi connectivity index (χ1) is 8.39. The van der Waals surface area contributed by atoms with Crippen LogP contribution in [0.2, 0.25) is 0 Å². The van der Waals surface area contributed by atoms with Crippen LogP contribution in [-0.2, 0) is 6.18 Å². The van der Waals surface area contributed by atoms with E-state index in [0.29, 0.717) is 11.1 Å². The van der Waals surface area contributed by atoms with Gasteiger partial charge in [-0.1, -0.05) is 42.0 Å². The molecule has 0 aliphatic heterocycles. The van der Waals surface area contributed by atoms with Crippen LogP contribution in [0, 0.1) is 13.8 Å². The summed E-state index contributed by atoms with van der Waals surface area (Å²) < 4.78 is 39.1. The summed E-state index contributed by atoms with van der Waals surface area (Å²) in [7, 11) is 0. The maximum Gasteiger partial charge on any atom is 0.417 e. The van der Waals surface area contributed by atoms with Crippen LogP contribution >= 0.6 is 0 Å². The molecule has 0 heterocycles. The SMILES string of the molecule is Cc1ccc(-c2ccccc2C)c(C(F)(F)F)c1. The molecular weight excluding hydrogens is 237 g/mol. The Bertz CT molecular complexity index is 568. The molecular formula is C15H13F3. The Morgan fingerprint density at radius 1 is 0.833 bits per heavy atom. The molecule has 0 atom stereocenters. The summed E-state index contributed by atoms with van der Waals surface area (Å²) in [6, 6.07) is 11.5. The van der Waals surface area contributed by atoms with E-state index in [1.54, 1.807) is 31.2 Å². The molecule has 2 aromatic carbocycles. The third kappa shape index (κ3) is 2.40. The van der Waals surface area contributed by atoms with Gasteiger partial charge in [0.05, 0.1) is 5.56 Å². The van der Waals surface area contributed by atoms with E-state index in [4.69, 9.17) is 0 Å². The smallest absolute Gasteiger partial charge is 0.166 e. The fourth-order valence-corrected chi connectivity index (χ4v) is 2.00. The summed E-state index contributed by atoms with van der Waals surface area (Å²) in [6.07, 6.45) is -4.33. The minimum Gasteiger partial charge on any atom is -0.166 e. The third-order valence-electron chi connectivity index (χ3n) is 2.92. The van der Waals surface area contributed by atoms with E-state index < -0.39 is 11.7 Å². The Morgan fingerprint density at radius 2 is 1.50 bits per heavy atom. The zero-order valence-electron chi connectivity index (χ0n) is 10.2. The fourth-order valence-electron chi connectivity index (χ4n) is 2.00. The molecule has 0 bridgehead atoms. The maximum absolute atomic E-state index is 13.0. The highest BCUT2D eigenvalue weighted by Gasteiger charge is 2.33. The van der Waals surface area contributed by atoms with Crippen molar-refractivity contribution in [2.45, 2.75) is 20.0 Å². The van der Waals surface area contributed by atoms with Crippen LogP contribution < -0.4 is 0 Å². The van der Waals surface area contributed by atoms with Gasteiger partial charge in [-0.3, -0.25) is 0 Å². The first kappa shape index (κ1) is 12.7. The minimum absolute atomic E-state index is 0.242. The lowest BCUT2D eigenvalue weighted by atomic mass is 9.94. The van der Waals surface area contributed by atoms with Crippen molar-refractivity contribution in [3.8, 4) is 11.1 Å². The van der Waals surface area contributed by atoms with Crippen LogP contribution in [0.5, 0.6) is 0 Å². The summed E-state index contributed by atoms with van der Waals surface area (Å²) in [5, 5.41) is 0. The van der Waals surface area contributed by atoms with E-state index in [-0.39, 0.29) is 5.56 Å². The van der Waals surface area contributed by atoms with Crippen molar-refractivity contribution < 1.29 is 13.2 Å². The lowest BCUT2D eigenvalue weighted by Gasteiger charge is -2.15. The van der Waals surface area contributed by atoms with Crippen molar-refractivity contribution in [1.82, 2.24) is 0 Å². The number of benzene rings is 2. The fraction of sp³-hybridized carbons (Fsp3) is 0.200. The highest BCUT2D eigenvalue weighted by atomic mass is 19.4. The molecule has 0 aliphatic rings. The molecule has 0 radical (unpaired) electrons. The topological polar surface area (TPSA) is 0 Å². The second-order valence-corrected chi connectivity index (χ2v) is 4.36. The highest BCUT2D eigenvalue weighted by molar-refractivity contribution is 5.71. The summed E-state index contributed by atoms with van der Waals surface area (Å²) in [5.41, 5.74) is 1.75. The van der Waals surface area contributed by atoms with Crippen molar-refractivity contribution in [2.24, 2.45) is 0 Å². The second-order valence-electron chi connectivity index (χ2n) is 4.36. The van der Waals surface area contributed by atoms with Crippen LogP contribution in [0.3, 0.4) is 0 Å². The van der Waals surface area contributed by atoms with E-state index in [0.717, 1.165) is 5.56 Å². The molecule has 0 saturated heterocycles. The number of halogens is 3. The first-order valence-corrected chi connectivity index (χ1v) is 5.63. The molecule has 0 aliphatic carbocycles. The molecule has 0 N–H and O–H groups in total. The average molecular weight is 250 g/mol. The molecule has 0 saturated carbocycles. The van der Waals surface area contributed by atoms with Crippen molar-refractivity contribution in [1.29, 1.82) is 0 Å². The van der Waals surface area contributed by atoms with E-state index >= 15 is 0 Å². The Balaban J connectivity index is 2.69. The van der Waals surface area contributed by atoms with Crippen molar-refractivity contribution in [3.05, 3.63) is 59.2 Å². The van der Waals surface area contributed by atoms with Gasteiger partial charge < -0.3 is 0 Å². The Labute approximate surface area is 104 Å². The van der Waals surface area contributed by atoms with Gasteiger partial charge in [0.1, 0.15) is 0 Å². The molecule has 0 nitrogen and oxygen atoms in total. The first-order valence-electron chi connectivity index (χ1n) is 5.63. The van der Waals surface area contributed by atoms with Crippen LogP contribution in [0.15, 0.2) is 42.5 Å². The van der Waals surface area contributed by atoms with Crippen LogP contribution in [0.25, 0.3) is 11.1 Å². The molecule has 0 amide bonds. The van der Waals surface area contributed by atoms with Crippen LogP contribution in [-0.4, -0.2) is 0 Å². The van der Waals surface area contributed by atoms with Gasteiger partial charge in [-0.25, -0.2) is 0 Å². The Hall–Kier alpha value is -1.77. The van der Waals surface area contributed by atoms with Gasteiger partial charge in [-0.2, -0.15) is 13.2 Å².